The first-order valence-corrected chi connectivity index (χ1v) is 29.2. The third-order valence-electron chi connectivity index (χ3n) is 14.7. The number of hydrogen-bond donors (Lipinski definition) is 6. The third-order valence-corrected chi connectivity index (χ3v) is 21.7. The Morgan fingerprint density at radius 1 is 0.618 bits per heavy atom. The molecule has 9 N–H and O–H groups in total. The fraction of sp³-hybridized carbons (Fsp3) is 0.585. The molecule has 3 saturated heterocycles. The minimum absolute atomic E-state index is 0.0152. The van der Waals surface area contributed by atoms with Crippen LogP contribution in [0.2, 0.25) is 0 Å². The zero-order valence-electron chi connectivity index (χ0n) is 39.6. The number of fused-ring (bicyclic) bond motifs is 2. The largest absolute Gasteiger partial charge is 0.348 e. The molecule has 8 atom stereocenters. The second kappa shape index (κ2) is 26.3. The third kappa shape index (κ3) is 13.4. The van der Waals surface area contributed by atoms with Gasteiger partial charge in [-0.15, -0.1) is 47.0 Å². The summed E-state index contributed by atoms with van der Waals surface area (Å²) in [5.74, 6) is 6.09. The van der Waals surface area contributed by atoms with Gasteiger partial charge < -0.3 is 27.8 Å². The molecular weight excluding hydrogens is 925 g/mol. The van der Waals surface area contributed by atoms with Gasteiger partial charge in [-0.1, -0.05) is 106 Å². The van der Waals surface area contributed by atoms with Gasteiger partial charge in [0.1, 0.15) is 4.20 Å². The van der Waals surface area contributed by atoms with E-state index in [0.717, 1.165) is 79.2 Å². The van der Waals surface area contributed by atoms with Gasteiger partial charge in [0.25, 0.3) is 17.7 Å². The van der Waals surface area contributed by atoms with Gasteiger partial charge in [0.05, 0.1) is 12.0 Å². The van der Waals surface area contributed by atoms with Gasteiger partial charge in [-0.25, -0.2) is 10.4 Å². The van der Waals surface area contributed by atoms with E-state index in [0.29, 0.717) is 35.4 Å². The van der Waals surface area contributed by atoms with E-state index in [1.807, 2.05) is 131 Å². The molecule has 4 aliphatic carbocycles. The van der Waals surface area contributed by atoms with Crippen molar-refractivity contribution in [1.82, 2.24) is 21.1 Å². The average Bonchev–Trinajstić information content (AvgIpc) is 4.16. The highest BCUT2D eigenvalue weighted by Crippen LogP contribution is 2.58. The van der Waals surface area contributed by atoms with Crippen molar-refractivity contribution in [3.63, 3.8) is 0 Å². The Morgan fingerprint density at radius 3 is 1.69 bits per heavy atom. The van der Waals surface area contributed by atoms with Crippen LogP contribution >= 0.6 is 47.0 Å². The number of nitrogens with one attached hydrogen (secondary N) is 3. The number of thioether (sulfide) groups is 4. The summed E-state index contributed by atoms with van der Waals surface area (Å²) in [6.45, 7) is 0.779. The maximum absolute atomic E-state index is 13.0. The summed E-state index contributed by atoms with van der Waals surface area (Å²) in [5.41, 5.74) is 23.5. The van der Waals surface area contributed by atoms with Crippen LogP contribution in [-0.2, 0) is 0 Å². The Bertz CT molecular complexity index is 2070. The monoisotopic (exact) mass is 998 g/mol. The molecule has 4 saturated carbocycles. The Kier molecular flexibility index (Phi) is 20.4. The number of hydrazine groups is 1. The van der Waals surface area contributed by atoms with E-state index in [9.17, 15) is 14.4 Å². The maximum atomic E-state index is 13.0. The summed E-state index contributed by atoms with van der Waals surface area (Å²) in [7, 11) is 0. The second-order valence-corrected chi connectivity index (χ2v) is 24.9. The van der Waals surface area contributed by atoms with Crippen molar-refractivity contribution in [2.24, 2.45) is 40.9 Å². The van der Waals surface area contributed by atoms with Crippen molar-refractivity contribution < 1.29 is 14.4 Å². The molecular formula is C53H74N8O3S4. The number of carbonyl (C=O) groups is 3. The van der Waals surface area contributed by atoms with E-state index in [4.69, 9.17) is 22.5 Å². The number of nitrogens with two attached hydrogens (primary N) is 3. The lowest BCUT2D eigenvalue weighted by Crippen LogP contribution is -2.54. The Balaban J connectivity index is 0.000000139. The topological polar surface area (TPSA) is 192 Å². The lowest BCUT2D eigenvalue weighted by atomic mass is 9.84. The van der Waals surface area contributed by atoms with Crippen molar-refractivity contribution in [2.75, 3.05) is 29.6 Å². The van der Waals surface area contributed by atoms with Crippen LogP contribution in [-0.4, -0.2) is 84.9 Å². The number of nitriles is 1. The fourth-order valence-corrected chi connectivity index (χ4v) is 18.0. The van der Waals surface area contributed by atoms with Gasteiger partial charge in [0, 0.05) is 75.7 Å². The minimum atomic E-state index is -0.229. The normalized spacial score (nSPS) is 28.9. The molecule has 1 spiro atoms. The predicted octanol–water partition coefficient (Wildman–Crippen LogP) is 9.37. The van der Waals surface area contributed by atoms with Crippen molar-refractivity contribution in [1.29, 1.82) is 5.26 Å². The molecule has 15 heteroatoms. The zero-order chi connectivity index (χ0) is 47.8. The highest BCUT2D eigenvalue weighted by molar-refractivity contribution is 8.21. The van der Waals surface area contributed by atoms with Gasteiger partial charge in [-0.2, -0.15) is 5.26 Å². The Labute approximate surface area is 422 Å². The summed E-state index contributed by atoms with van der Waals surface area (Å²) in [6, 6.07) is 31.7. The van der Waals surface area contributed by atoms with Crippen LogP contribution in [0.4, 0.5) is 0 Å². The van der Waals surface area contributed by atoms with Gasteiger partial charge in [0.15, 0.2) is 4.20 Å². The molecule has 3 aliphatic heterocycles. The molecule has 3 heterocycles. The molecule has 68 heavy (non-hydrogen) atoms. The van der Waals surface area contributed by atoms with Crippen molar-refractivity contribution >= 4 is 64.8 Å². The first kappa shape index (κ1) is 52.6. The minimum Gasteiger partial charge on any atom is -0.348 e. The van der Waals surface area contributed by atoms with Crippen LogP contribution in [0.25, 0.3) is 0 Å². The summed E-state index contributed by atoms with van der Waals surface area (Å²) >= 11 is 7.70. The smallest absolute Gasteiger partial charge is 0.270 e. The number of amides is 3. The van der Waals surface area contributed by atoms with Crippen molar-refractivity contribution in [2.45, 2.75) is 135 Å². The first-order valence-electron chi connectivity index (χ1n) is 25.2. The lowest BCUT2D eigenvalue weighted by Gasteiger charge is -2.42. The van der Waals surface area contributed by atoms with E-state index < -0.39 is 0 Å². The van der Waals surface area contributed by atoms with Crippen LogP contribution in [0.15, 0.2) is 91.0 Å². The molecule has 368 valence electrons. The van der Waals surface area contributed by atoms with Crippen molar-refractivity contribution in [3.05, 3.63) is 108 Å². The standard InChI is InChI=1S/C16H20N2OS2.C16H22N2OS2.C14H16N2O.C7H16N2/c19-15(12-6-2-1-3-7-12)18-16(20-10-11-21-16)13-8-4-5-9-14(13)17-18;17-14-9-5-4-8-13(14)16(20-10-11-21-16)18-15(19)12-6-2-1-3-7-12;15-10-12-8-4-5-9-13(12)16-14(17)11-6-2-1-3-7-11;8-5-6-3-1-2-4-7(6)9/h1-3,6-7,13-14,17H,4-5,8-11H2;1-3,6-7,13-14H,4-5,8-11,17H2,(H,18,19);1-3,6-7,12-13H,4-5,8-9H2,(H,16,17);6-7H,1-5,8-9H2. The molecule has 7 fully saturated rings. The first-order chi connectivity index (χ1) is 33.2. The van der Waals surface area contributed by atoms with Gasteiger partial charge in [0.2, 0.25) is 0 Å². The molecule has 7 aliphatic rings. The van der Waals surface area contributed by atoms with E-state index in [-0.39, 0.29) is 44.1 Å². The SMILES string of the molecule is N#CC1CCCCC1NC(=O)c1ccccc1.NC1CCCCC1C1(NC(=O)c2ccccc2)SCCS1.NCC1CCCCC1N.O=C(c1ccccc1)N1NC2CCCCC2C12SCCS2. The summed E-state index contributed by atoms with van der Waals surface area (Å²) in [6.07, 6.45) is 18.7. The number of nitrogens with zero attached hydrogens (tertiary/aromatic N) is 2. The summed E-state index contributed by atoms with van der Waals surface area (Å²) < 4.78 is -0.301. The molecule has 8 unspecified atom stereocenters. The number of hydrogen-bond acceptors (Lipinski definition) is 12. The van der Waals surface area contributed by atoms with Crippen LogP contribution in [0.3, 0.4) is 0 Å². The van der Waals surface area contributed by atoms with E-state index in [1.165, 1.54) is 64.2 Å². The van der Waals surface area contributed by atoms with Crippen LogP contribution < -0.4 is 33.3 Å². The molecule has 3 aromatic rings. The Hall–Kier alpha value is -3.20. The lowest BCUT2D eigenvalue weighted by molar-refractivity contribution is 0.0670. The van der Waals surface area contributed by atoms with Gasteiger partial charge in [-0.3, -0.25) is 14.4 Å². The van der Waals surface area contributed by atoms with Crippen LogP contribution in [0.5, 0.6) is 0 Å². The number of carbonyl (C=O) groups excluding carboxylic acids is 3. The van der Waals surface area contributed by atoms with Gasteiger partial charge in [-0.05, 0) is 100 Å². The fourth-order valence-electron chi connectivity index (χ4n) is 10.9. The quantitative estimate of drug-likeness (QED) is 0.132. The molecule has 0 bridgehead atoms. The van der Waals surface area contributed by atoms with E-state index >= 15 is 0 Å². The van der Waals surface area contributed by atoms with Gasteiger partial charge >= 0.3 is 0 Å². The van der Waals surface area contributed by atoms with E-state index in [2.05, 4.69) is 22.1 Å². The average molecular weight is 999 g/mol. The highest BCUT2D eigenvalue weighted by atomic mass is 32.2. The van der Waals surface area contributed by atoms with Crippen LogP contribution in [0.1, 0.15) is 134 Å². The van der Waals surface area contributed by atoms with Crippen LogP contribution in [0, 0.1) is 35.0 Å². The molecule has 10 rings (SSSR count). The summed E-state index contributed by atoms with van der Waals surface area (Å²) in [4.78, 5) is 37.5. The number of rotatable bonds is 7. The molecule has 11 nitrogen and oxygen atoms in total. The molecule has 3 aromatic carbocycles. The second-order valence-electron chi connectivity index (χ2n) is 19.1. The highest BCUT2D eigenvalue weighted by Gasteiger charge is 2.58. The number of benzene rings is 3. The van der Waals surface area contributed by atoms with Crippen molar-refractivity contribution in [3.8, 4) is 6.07 Å². The summed E-state index contributed by atoms with van der Waals surface area (Å²) in [5, 5.41) is 17.3. The van der Waals surface area contributed by atoms with E-state index in [1.54, 1.807) is 12.1 Å². The maximum Gasteiger partial charge on any atom is 0.270 e. The Morgan fingerprint density at radius 2 is 1.12 bits per heavy atom. The zero-order valence-corrected chi connectivity index (χ0v) is 42.9. The predicted molar refractivity (Wildman–Crippen MR) is 285 cm³/mol. The molecule has 3 amide bonds. The molecule has 0 radical (unpaired) electrons. The molecule has 0 aromatic heterocycles.